The van der Waals surface area contributed by atoms with E-state index >= 15 is 0 Å². The molecule has 0 radical (unpaired) electrons. The van der Waals surface area contributed by atoms with E-state index in [0.717, 1.165) is 25.7 Å². The van der Waals surface area contributed by atoms with E-state index in [0.29, 0.717) is 5.88 Å². The summed E-state index contributed by atoms with van der Waals surface area (Å²) in [5, 5.41) is 7.64. The summed E-state index contributed by atoms with van der Waals surface area (Å²) in [5.74, 6) is 0.471. The Morgan fingerprint density at radius 1 is 1.35 bits per heavy atom. The van der Waals surface area contributed by atoms with Gasteiger partial charge < -0.3 is 9.47 Å². The van der Waals surface area contributed by atoms with E-state index in [9.17, 15) is 4.79 Å². The normalized spacial score (nSPS) is 24.1. The van der Waals surface area contributed by atoms with Crippen molar-refractivity contribution < 1.29 is 14.3 Å². The minimum absolute atomic E-state index is 0.0294. The maximum absolute atomic E-state index is 11.3. The molecule has 0 aliphatic heterocycles. The molecule has 1 fully saturated rings. The van der Waals surface area contributed by atoms with Gasteiger partial charge in [0.05, 0.1) is 13.0 Å². The fourth-order valence-corrected chi connectivity index (χ4v) is 2.10. The Hall–Kier alpha value is -1.65. The Bertz CT molecular complexity index is 361. The molecular weight excluding hydrogens is 220 g/mol. The van der Waals surface area contributed by atoms with Crippen LogP contribution in [0.3, 0.4) is 0 Å². The molecule has 2 rings (SSSR count). The molecule has 0 spiro atoms. The Balaban J connectivity index is 1.82. The number of aromatic nitrogens is 2. The third-order valence-electron chi connectivity index (χ3n) is 3.04. The Labute approximate surface area is 100 Å². The zero-order chi connectivity index (χ0) is 12.1. The number of hydrogen-bond acceptors (Lipinski definition) is 5. The number of ether oxygens (including phenoxy) is 2. The van der Waals surface area contributed by atoms with E-state index in [4.69, 9.17) is 9.47 Å². The van der Waals surface area contributed by atoms with Crippen LogP contribution in [-0.4, -0.2) is 29.4 Å². The van der Waals surface area contributed by atoms with E-state index in [2.05, 4.69) is 10.2 Å². The van der Waals surface area contributed by atoms with Gasteiger partial charge in [0.1, 0.15) is 6.10 Å². The summed E-state index contributed by atoms with van der Waals surface area (Å²) in [4.78, 5) is 11.3. The minimum atomic E-state index is -0.108. The Morgan fingerprint density at radius 2 is 2.12 bits per heavy atom. The average molecular weight is 236 g/mol. The molecule has 0 unspecified atom stereocenters. The van der Waals surface area contributed by atoms with Gasteiger partial charge in [0.2, 0.25) is 5.88 Å². The molecule has 0 aromatic carbocycles. The molecule has 0 saturated heterocycles. The second-order valence-electron chi connectivity index (χ2n) is 4.18. The Morgan fingerprint density at radius 3 is 2.71 bits per heavy atom. The van der Waals surface area contributed by atoms with Crippen LogP contribution in [0, 0.1) is 5.92 Å². The quantitative estimate of drug-likeness (QED) is 0.746. The first-order chi connectivity index (χ1) is 8.29. The summed E-state index contributed by atoms with van der Waals surface area (Å²) in [7, 11) is 1.44. The predicted octanol–water partition coefficient (Wildman–Crippen LogP) is 1.59. The maximum Gasteiger partial charge on any atom is 0.308 e. The molecule has 1 aromatic heterocycles. The molecule has 5 nitrogen and oxygen atoms in total. The summed E-state index contributed by atoms with van der Waals surface area (Å²) < 4.78 is 10.4. The van der Waals surface area contributed by atoms with Gasteiger partial charge in [0, 0.05) is 12.3 Å². The first-order valence-corrected chi connectivity index (χ1v) is 5.82. The van der Waals surface area contributed by atoms with Crippen LogP contribution in [0.25, 0.3) is 0 Å². The molecule has 92 valence electrons. The fraction of sp³-hybridized carbons (Fsp3) is 0.583. The van der Waals surface area contributed by atoms with Gasteiger partial charge in [0.15, 0.2) is 0 Å². The molecule has 1 aliphatic rings. The van der Waals surface area contributed by atoms with E-state index < -0.39 is 0 Å². The average Bonchev–Trinajstić information content (AvgIpc) is 2.40. The zero-order valence-corrected chi connectivity index (χ0v) is 9.83. The first kappa shape index (κ1) is 11.8. The summed E-state index contributed by atoms with van der Waals surface area (Å²) in [6.07, 6.45) is 5.09. The van der Waals surface area contributed by atoms with Crippen molar-refractivity contribution in [1.82, 2.24) is 10.2 Å². The highest BCUT2D eigenvalue weighted by molar-refractivity contribution is 5.72. The minimum Gasteiger partial charge on any atom is -0.473 e. The van der Waals surface area contributed by atoms with Gasteiger partial charge in [-0.25, -0.2) is 0 Å². The molecular formula is C12H16N2O3. The first-order valence-electron chi connectivity index (χ1n) is 5.82. The Kier molecular flexibility index (Phi) is 3.90. The SMILES string of the molecule is COC(=O)C1CCC(Oc2cccnn2)CC1. The van der Waals surface area contributed by atoms with Crippen molar-refractivity contribution in [2.45, 2.75) is 31.8 Å². The number of rotatable bonds is 3. The predicted molar refractivity (Wildman–Crippen MR) is 60.4 cm³/mol. The van der Waals surface area contributed by atoms with Crippen LogP contribution in [0.4, 0.5) is 0 Å². The highest BCUT2D eigenvalue weighted by atomic mass is 16.5. The van der Waals surface area contributed by atoms with Crippen LogP contribution < -0.4 is 4.74 Å². The van der Waals surface area contributed by atoms with E-state index in [-0.39, 0.29) is 18.0 Å². The molecule has 1 heterocycles. The van der Waals surface area contributed by atoms with Gasteiger partial charge in [-0.2, -0.15) is 5.10 Å². The van der Waals surface area contributed by atoms with Gasteiger partial charge in [-0.1, -0.05) is 0 Å². The van der Waals surface area contributed by atoms with Crippen molar-refractivity contribution in [2.24, 2.45) is 5.92 Å². The van der Waals surface area contributed by atoms with Gasteiger partial charge in [-0.15, -0.1) is 5.10 Å². The lowest BCUT2D eigenvalue weighted by Crippen LogP contribution is -2.28. The third kappa shape index (κ3) is 3.15. The van der Waals surface area contributed by atoms with Crippen LogP contribution in [0.2, 0.25) is 0 Å². The molecule has 0 atom stereocenters. The van der Waals surface area contributed by atoms with Crippen LogP contribution in [-0.2, 0) is 9.53 Å². The summed E-state index contributed by atoms with van der Waals surface area (Å²) in [6, 6.07) is 3.59. The lowest BCUT2D eigenvalue weighted by Gasteiger charge is -2.26. The van der Waals surface area contributed by atoms with Crippen molar-refractivity contribution in [3.05, 3.63) is 18.3 Å². The monoisotopic (exact) mass is 236 g/mol. The van der Waals surface area contributed by atoms with E-state index in [1.165, 1.54) is 7.11 Å². The van der Waals surface area contributed by atoms with Crippen LogP contribution in [0.5, 0.6) is 5.88 Å². The summed E-state index contributed by atoms with van der Waals surface area (Å²) in [6.45, 7) is 0. The molecule has 0 bridgehead atoms. The van der Waals surface area contributed by atoms with Crippen LogP contribution >= 0.6 is 0 Å². The molecule has 0 amide bonds. The largest absolute Gasteiger partial charge is 0.473 e. The second kappa shape index (κ2) is 5.61. The standard InChI is InChI=1S/C12H16N2O3/c1-16-12(15)9-4-6-10(7-5-9)17-11-3-2-8-13-14-11/h2-3,8-10H,4-7H2,1H3. The van der Waals surface area contributed by atoms with Gasteiger partial charge in [0.25, 0.3) is 0 Å². The lowest BCUT2D eigenvalue weighted by atomic mass is 9.87. The van der Waals surface area contributed by atoms with Gasteiger partial charge >= 0.3 is 5.97 Å². The molecule has 5 heteroatoms. The number of carbonyl (C=O) groups is 1. The zero-order valence-electron chi connectivity index (χ0n) is 9.83. The third-order valence-corrected chi connectivity index (χ3v) is 3.04. The fourth-order valence-electron chi connectivity index (χ4n) is 2.10. The summed E-state index contributed by atoms with van der Waals surface area (Å²) >= 11 is 0. The van der Waals surface area contributed by atoms with Gasteiger partial charge in [-0.3, -0.25) is 4.79 Å². The molecule has 1 saturated carbocycles. The molecule has 0 N–H and O–H groups in total. The van der Waals surface area contributed by atoms with Crippen molar-refractivity contribution >= 4 is 5.97 Å². The van der Waals surface area contributed by atoms with Crippen molar-refractivity contribution in [3.63, 3.8) is 0 Å². The van der Waals surface area contributed by atoms with E-state index in [1.54, 1.807) is 18.3 Å². The topological polar surface area (TPSA) is 61.3 Å². The van der Waals surface area contributed by atoms with Crippen LogP contribution in [0.15, 0.2) is 18.3 Å². The highest BCUT2D eigenvalue weighted by Gasteiger charge is 2.27. The van der Waals surface area contributed by atoms with Gasteiger partial charge in [-0.05, 0) is 31.7 Å². The molecule has 1 aromatic rings. The number of methoxy groups -OCH3 is 1. The van der Waals surface area contributed by atoms with E-state index in [1.807, 2.05) is 0 Å². The smallest absolute Gasteiger partial charge is 0.308 e. The number of esters is 1. The van der Waals surface area contributed by atoms with Crippen molar-refractivity contribution in [2.75, 3.05) is 7.11 Å². The lowest BCUT2D eigenvalue weighted by molar-refractivity contribution is -0.147. The van der Waals surface area contributed by atoms with Crippen LogP contribution in [0.1, 0.15) is 25.7 Å². The summed E-state index contributed by atoms with van der Waals surface area (Å²) in [5.41, 5.74) is 0. The van der Waals surface area contributed by atoms with Crippen molar-refractivity contribution in [3.8, 4) is 5.88 Å². The molecule has 17 heavy (non-hydrogen) atoms. The number of hydrogen-bond donors (Lipinski definition) is 0. The van der Waals surface area contributed by atoms with Crippen molar-refractivity contribution in [1.29, 1.82) is 0 Å². The number of nitrogens with zero attached hydrogens (tertiary/aromatic N) is 2. The highest BCUT2D eigenvalue weighted by Crippen LogP contribution is 2.27. The second-order valence-corrected chi connectivity index (χ2v) is 4.18. The molecule has 1 aliphatic carbocycles. The number of carbonyl (C=O) groups excluding carboxylic acids is 1. The maximum atomic E-state index is 11.3.